The molecule has 0 spiro atoms. The lowest BCUT2D eigenvalue weighted by atomic mass is 9.98. The van der Waals surface area contributed by atoms with Crippen molar-refractivity contribution in [2.24, 2.45) is 0 Å². The van der Waals surface area contributed by atoms with E-state index >= 15 is 0 Å². The Morgan fingerprint density at radius 1 is 0.242 bits per heavy atom. The van der Waals surface area contributed by atoms with Gasteiger partial charge in [0.25, 0.3) is 0 Å². The number of fused-ring (bicyclic) bond motifs is 10. The van der Waals surface area contributed by atoms with Gasteiger partial charge in [-0.3, -0.25) is 0 Å². The SMILES string of the molecule is c1ccc(-c2ccc(N(c3ccccc3)c3ccc4c(c3)oc3c5oc6cc(N(c7ccccc7)c7ccc(-c8ccccc8)cc7)ccc6c5c5ccccc5c43)cc2)cc1. The second-order valence-electron chi connectivity index (χ2n) is 15.7. The summed E-state index contributed by atoms with van der Waals surface area (Å²) < 4.78 is 14.0. The molecule has 4 heteroatoms. The third-order valence-corrected chi connectivity index (χ3v) is 12.0. The molecule has 292 valence electrons. The average Bonchev–Trinajstić information content (AvgIpc) is 3.93. The van der Waals surface area contributed by atoms with E-state index in [2.05, 4.69) is 240 Å². The Hall–Kier alpha value is -8.34. The zero-order valence-electron chi connectivity index (χ0n) is 33.7. The molecule has 10 aromatic carbocycles. The summed E-state index contributed by atoms with van der Waals surface area (Å²) in [5.41, 5.74) is 14.1. The number of rotatable bonds is 8. The maximum atomic E-state index is 6.98. The first-order valence-electron chi connectivity index (χ1n) is 21.0. The average molecular weight is 795 g/mol. The van der Waals surface area contributed by atoms with E-state index in [1.165, 1.54) is 22.3 Å². The van der Waals surface area contributed by atoms with Crippen LogP contribution in [0.3, 0.4) is 0 Å². The van der Waals surface area contributed by atoms with Gasteiger partial charge in [-0.2, -0.15) is 0 Å². The van der Waals surface area contributed by atoms with Gasteiger partial charge in [-0.15, -0.1) is 0 Å². The van der Waals surface area contributed by atoms with E-state index in [-0.39, 0.29) is 0 Å². The molecule has 0 atom stereocenters. The highest BCUT2D eigenvalue weighted by Crippen LogP contribution is 2.47. The van der Waals surface area contributed by atoms with E-state index < -0.39 is 0 Å². The fraction of sp³-hybridized carbons (Fsp3) is 0. The van der Waals surface area contributed by atoms with Crippen LogP contribution in [0, 0.1) is 0 Å². The van der Waals surface area contributed by atoms with Crippen molar-refractivity contribution in [3.8, 4) is 22.3 Å². The monoisotopic (exact) mass is 794 g/mol. The first-order valence-corrected chi connectivity index (χ1v) is 21.0. The van der Waals surface area contributed by atoms with Crippen LogP contribution in [-0.2, 0) is 0 Å². The van der Waals surface area contributed by atoms with Gasteiger partial charge in [-0.05, 0) is 106 Å². The van der Waals surface area contributed by atoms with Gasteiger partial charge in [0.1, 0.15) is 11.2 Å². The number of hydrogen-bond donors (Lipinski definition) is 0. The van der Waals surface area contributed by atoms with Gasteiger partial charge in [-0.25, -0.2) is 0 Å². The summed E-state index contributed by atoms with van der Waals surface area (Å²) in [7, 11) is 0. The molecule has 0 N–H and O–H groups in total. The van der Waals surface area contributed by atoms with E-state index in [4.69, 9.17) is 8.83 Å². The van der Waals surface area contributed by atoms with Gasteiger partial charge in [0.05, 0.1) is 0 Å². The highest BCUT2D eigenvalue weighted by atomic mass is 16.4. The highest BCUT2D eigenvalue weighted by Gasteiger charge is 2.23. The normalized spacial score (nSPS) is 11.5. The molecule has 0 aliphatic heterocycles. The molecule has 2 aromatic heterocycles. The molecular weight excluding hydrogens is 757 g/mol. The lowest BCUT2D eigenvalue weighted by Crippen LogP contribution is -2.09. The zero-order valence-corrected chi connectivity index (χ0v) is 33.7. The fourth-order valence-corrected chi connectivity index (χ4v) is 9.14. The van der Waals surface area contributed by atoms with Crippen molar-refractivity contribution >= 4 is 88.8 Å². The van der Waals surface area contributed by atoms with Crippen molar-refractivity contribution in [2.45, 2.75) is 0 Å². The maximum absolute atomic E-state index is 6.98. The number of para-hydroxylation sites is 2. The second kappa shape index (κ2) is 14.7. The first kappa shape index (κ1) is 35.6. The van der Waals surface area contributed by atoms with E-state index in [0.717, 1.165) is 88.8 Å². The lowest BCUT2D eigenvalue weighted by Gasteiger charge is -2.25. The summed E-state index contributed by atoms with van der Waals surface area (Å²) >= 11 is 0. The van der Waals surface area contributed by atoms with Crippen molar-refractivity contribution in [3.63, 3.8) is 0 Å². The summed E-state index contributed by atoms with van der Waals surface area (Å²) in [6, 6.07) is 81.3. The van der Waals surface area contributed by atoms with Crippen LogP contribution in [0.1, 0.15) is 0 Å². The number of furan rings is 2. The largest absolute Gasteiger partial charge is 0.452 e. The van der Waals surface area contributed by atoms with Gasteiger partial charge < -0.3 is 18.6 Å². The molecule has 0 saturated carbocycles. The van der Waals surface area contributed by atoms with E-state index in [1.807, 2.05) is 0 Å². The third-order valence-electron chi connectivity index (χ3n) is 12.0. The molecule has 12 aromatic rings. The molecule has 0 aliphatic rings. The van der Waals surface area contributed by atoms with E-state index in [9.17, 15) is 0 Å². The Labute approximate surface area is 358 Å². The number of nitrogens with zero attached hydrogens (tertiary/aromatic N) is 2. The lowest BCUT2D eigenvalue weighted by molar-refractivity contribution is 0.633. The minimum atomic E-state index is 0.749. The van der Waals surface area contributed by atoms with Gasteiger partial charge in [0.2, 0.25) is 0 Å². The summed E-state index contributed by atoms with van der Waals surface area (Å²) in [6.45, 7) is 0. The van der Waals surface area contributed by atoms with Crippen LogP contribution in [-0.4, -0.2) is 0 Å². The van der Waals surface area contributed by atoms with Gasteiger partial charge in [-0.1, -0.05) is 146 Å². The van der Waals surface area contributed by atoms with Crippen molar-refractivity contribution in [3.05, 3.63) is 231 Å². The van der Waals surface area contributed by atoms with E-state index in [1.54, 1.807) is 0 Å². The predicted molar refractivity (Wildman–Crippen MR) is 259 cm³/mol. The molecule has 0 fully saturated rings. The van der Waals surface area contributed by atoms with Gasteiger partial charge >= 0.3 is 0 Å². The molecular formula is C58H38N2O2. The number of anilines is 6. The molecule has 62 heavy (non-hydrogen) atoms. The predicted octanol–water partition coefficient (Wildman–Crippen LogP) is 16.9. The Morgan fingerprint density at radius 3 is 0.935 bits per heavy atom. The zero-order chi connectivity index (χ0) is 41.0. The van der Waals surface area contributed by atoms with Crippen molar-refractivity contribution < 1.29 is 8.83 Å². The van der Waals surface area contributed by atoms with Crippen molar-refractivity contribution in [2.75, 3.05) is 9.80 Å². The van der Waals surface area contributed by atoms with Crippen LogP contribution >= 0.6 is 0 Å². The molecule has 0 radical (unpaired) electrons. The van der Waals surface area contributed by atoms with Crippen LogP contribution in [0.4, 0.5) is 34.1 Å². The van der Waals surface area contributed by atoms with Gasteiger partial charge in [0, 0.05) is 67.8 Å². The third kappa shape index (κ3) is 6.00. The molecule has 2 heterocycles. The topological polar surface area (TPSA) is 32.8 Å². The molecule has 0 aliphatic carbocycles. The van der Waals surface area contributed by atoms with Crippen LogP contribution in [0.25, 0.3) is 76.9 Å². The van der Waals surface area contributed by atoms with E-state index in [0.29, 0.717) is 0 Å². The molecule has 0 amide bonds. The second-order valence-corrected chi connectivity index (χ2v) is 15.7. The standard InChI is InChI=1S/C58H38N2O2/c1-5-15-39(16-6-1)41-25-29-45(30-26-41)59(43-19-9-3-10-20-43)47-33-35-51-53(37-47)61-57-55(51)49-23-13-14-24-50(49)56-52-36-34-48(38-54(52)62-58(56)57)60(44-21-11-4-12-22-44)46-31-27-42(28-32-46)40-17-7-2-8-18-40/h1-38H. The van der Waals surface area contributed by atoms with Crippen molar-refractivity contribution in [1.29, 1.82) is 0 Å². The Bertz CT molecular complexity index is 3300. The molecule has 0 saturated heterocycles. The Kier molecular flexibility index (Phi) is 8.46. The van der Waals surface area contributed by atoms with Crippen LogP contribution in [0.5, 0.6) is 0 Å². The fourth-order valence-electron chi connectivity index (χ4n) is 9.14. The summed E-state index contributed by atoms with van der Waals surface area (Å²) in [5.74, 6) is 0. The Balaban J connectivity index is 1.01. The van der Waals surface area contributed by atoms with Gasteiger partial charge in [0.15, 0.2) is 11.2 Å². The first-order chi connectivity index (χ1) is 30.7. The molecule has 0 bridgehead atoms. The minimum Gasteiger partial charge on any atom is -0.452 e. The molecule has 12 rings (SSSR count). The van der Waals surface area contributed by atoms with Crippen molar-refractivity contribution in [1.82, 2.24) is 0 Å². The maximum Gasteiger partial charge on any atom is 0.179 e. The van der Waals surface area contributed by atoms with Crippen LogP contribution < -0.4 is 9.80 Å². The summed E-state index contributed by atoms with van der Waals surface area (Å²) in [5, 5.41) is 6.46. The van der Waals surface area contributed by atoms with Crippen LogP contribution in [0.15, 0.2) is 239 Å². The number of hydrogen-bond acceptors (Lipinski definition) is 4. The molecule has 4 nitrogen and oxygen atoms in total. The number of benzene rings is 10. The minimum absolute atomic E-state index is 0.749. The highest BCUT2D eigenvalue weighted by molar-refractivity contribution is 6.33. The quantitative estimate of drug-likeness (QED) is 0.153. The smallest absolute Gasteiger partial charge is 0.179 e. The molecule has 0 unspecified atom stereocenters. The Morgan fingerprint density at radius 2 is 0.548 bits per heavy atom. The summed E-state index contributed by atoms with van der Waals surface area (Å²) in [4.78, 5) is 4.57. The van der Waals surface area contributed by atoms with Crippen LogP contribution in [0.2, 0.25) is 0 Å². The summed E-state index contributed by atoms with van der Waals surface area (Å²) in [6.07, 6.45) is 0.